The van der Waals surface area contributed by atoms with Crippen molar-refractivity contribution in [1.29, 1.82) is 0 Å². The largest absolute Gasteiger partial charge is 0.370 e. The first kappa shape index (κ1) is 15.3. The summed E-state index contributed by atoms with van der Waals surface area (Å²) in [7, 11) is 0. The van der Waals surface area contributed by atoms with Crippen LogP contribution in [-0.4, -0.2) is 54.0 Å². The molecule has 4 nitrogen and oxygen atoms in total. The van der Waals surface area contributed by atoms with Crippen molar-refractivity contribution in [3.8, 4) is 0 Å². The van der Waals surface area contributed by atoms with Gasteiger partial charge in [-0.25, -0.2) is 0 Å². The number of halogens is 1. The van der Waals surface area contributed by atoms with Crippen molar-refractivity contribution >= 4 is 28.8 Å². The summed E-state index contributed by atoms with van der Waals surface area (Å²) in [6, 6.07) is 4.24. The van der Waals surface area contributed by atoms with Crippen LogP contribution in [0.3, 0.4) is 0 Å². The summed E-state index contributed by atoms with van der Waals surface area (Å²) in [5.41, 5.74) is 0. The van der Waals surface area contributed by atoms with E-state index in [0.717, 1.165) is 35.3 Å². The molecule has 2 saturated heterocycles. The summed E-state index contributed by atoms with van der Waals surface area (Å²) in [5, 5.41) is 0. The van der Waals surface area contributed by atoms with Gasteiger partial charge in [0.2, 0.25) is 5.91 Å². The molecule has 116 valence electrons. The Bertz CT molecular complexity index is 520. The predicted molar refractivity (Wildman–Crippen MR) is 84.8 cm³/mol. The SMILES string of the molecule is CC(C)N1CC[C@H](N2CCO[C@@H](c3ccc(Cl)s3)C2)C1=O. The maximum atomic E-state index is 12.5. The van der Waals surface area contributed by atoms with Crippen LogP contribution >= 0.6 is 22.9 Å². The van der Waals surface area contributed by atoms with E-state index in [1.165, 1.54) is 0 Å². The van der Waals surface area contributed by atoms with E-state index in [1.54, 1.807) is 11.3 Å². The average molecular weight is 329 g/mol. The van der Waals surface area contributed by atoms with Crippen molar-refractivity contribution in [2.45, 2.75) is 38.5 Å². The highest BCUT2D eigenvalue weighted by Crippen LogP contribution is 2.32. The minimum Gasteiger partial charge on any atom is -0.370 e. The van der Waals surface area contributed by atoms with Crippen LogP contribution in [0.4, 0.5) is 0 Å². The molecule has 0 radical (unpaired) electrons. The van der Waals surface area contributed by atoms with Gasteiger partial charge in [-0.1, -0.05) is 11.6 Å². The van der Waals surface area contributed by atoms with Gasteiger partial charge in [-0.2, -0.15) is 0 Å². The summed E-state index contributed by atoms with van der Waals surface area (Å²) < 4.78 is 6.65. The smallest absolute Gasteiger partial charge is 0.240 e. The van der Waals surface area contributed by atoms with E-state index in [4.69, 9.17) is 16.3 Å². The number of thiophene rings is 1. The number of carbonyl (C=O) groups excluding carboxylic acids is 1. The lowest BCUT2D eigenvalue weighted by Crippen LogP contribution is -2.48. The number of amides is 1. The summed E-state index contributed by atoms with van der Waals surface area (Å²) in [4.78, 5) is 17.9. The number of hydrogen-bond acceptors (Lipinski definition) is 4. The summed E-state index contributed by atoms with van der Waals surface area (Å²) in [6.45, 7) is 7.31. The molecular formula is C15H21ClN2O2S. The minimum absolute atomic E-state index is 0.0224. The monoisotopic (exact) mass is 328 g/mol. The lowest BCUT2D eigenvalue weighted by Gasteiger charge is -2.35. The van der Waals surface area contributed by atoms with Crippen LogP contribution in [0.25, 0.3) is 0 Å². The number of hydrogen-bond donors (Lipinski definition) is 0. The molecule has 21 heavy (non-hydrogen) atoms. The second-order valence-corrected chi connectivity index (χ2v) is 7.67. The van der Waals surface area contributed by atoms with Crippen LogP contribution in [0.1, 0.15) is 31.2 Å². The van der Waals surface area contributed by atoms with Gasteiger partial charge in [-0.3, -0.25) is 9.69 Å². The van der Waals surface area contributed by atoms with E-state index in [0.29, 0.717) is 6.61 Å². The van der Waals surface area contributed by atoms with E-state index in [2.05, 4.69) is 18.7 Å². The van der Waals surface area contributed by atoms with Crippen LogP contribution in [0, 0.1) is 0 Å². The molecule has 6 heteroatoms. The van der Waals surface area contributed by atoms with Crippen molar-refractivity contribution in [2.24, 2.45) is 0 Å². The van der Waals surface area contributed by atoms with Gasteiger partial charge in [-0.15, -0.1) is 11.3 Å². The summed E-state index contributed by atoms with van der Waals surface area (Å²) in [6.07, 6.45) is 0.965. The van der Waals surface area contributed by atoms with Gasteiger partial charge < -0.3 is 9.64 Å². The highest BCUT2D eigenvalue weighted by Gasteiger charge is 2.39. The van der Waals surface area contributed by atoms with Gasteiger partial charge >= 0.3 is 0 Å². The Kier molecular flexibility index (Phi) is 4.54. The maximum Gasteiger partial charge on any atom is 0.240 e. The van der Waals surface area contributed by atoms with Gasteiger partial charge in [-0.05, 0) is 32.4 Å². The molecule has 0 N–H and O–H groups in total. The molecule has 0 aliphatic carbocycles. The molecule has 2 aliphatic heterocycles. The standard InChI is InChI=1S/C15H21ClN2O2S/c1-10(2)18-6-5-11(15(18)19)17-7-8-20-12(9-17)13-3-4-14(16)21-13/h3-4,10-12H,5-9H2,1-2H3/t11-,12+/m0/s1. The fraction of sp³-hybridized carbons (Fsp3) is 0.667. The van der Waals surface area contributed by atoms with Gasteiger partial charge in [0.25, 0.3) is 0 Å². The zero-order valence-electron chi connectivity index (χ0n) is 12.4. The first-order chi connectivity index (χ1) is 10.1. The maximum absolute atomic E-state index is 12.5. The number of ether oxygens (including phenoxy) is 1. The molecule has 1 amide bonds. The molecule has 0 aromatic carbocycles. The van der Waals surface area contributed by atoms with E-state index in [1.807, 2.05) is 17.0 Å². The molecule has 0 unspecified atom stereocenters. The fourth-order valence-electron chi connectivity index (χ4n) is 3.16. The highest BCUT2D eigenvalue weighted by atomic mass is 35.5. The number of nitrogens with zero attached hydrogens (tertiary/aromatic N) is 2. The Balaban J connectivity index is 1.68. The second kappa shape index (κ2) is 6.24. The minimum atomic E-state index is 0.0224. The molecular weight excluding hydrogens is 308 g/mol. The Hall–Kier alpha value is -0.620. The lowest BCUT2D eigenvalue weighted by molar-refractivity contribution is -0.136. The molecule has 1 aromatic heterocycles. The third-order valence-corrected chi connectivity index (χ3v) is 5.61. The molecule has 2 aliphatic rings. The molecule has 0 spiro atoms. The topological polar surface area (TPSA) is 32.8 Å². The Morgan fingerprint density at radius 2 is 2.19 bits per heavy atom. The van der Waals surface area contributed by atoms with Crippen LogP contribution in [-0.2, 0) is 9.53 Å². The zero-order chi connectivity index (χ0) is 15.0. The van der Waals surface area contributed by atoms with E-state index in [9.17, 15) is 4.79 Å². The number of morpholine rings is 1. The summed E-state index contributed by atoms with van der Waals surface area (Å²) >= 11 is 7.57. The quantitative estimate of drug-likeness (QED) is 0.855. The van der Waals surface area contributed by atoms with Gasteiger partial charge in [0.05, 0.1) is 17.0 Å². The van der Waals surface area contributed by atoms with Crippen molar-refractivity contribution in [1.82, 2.24) is 9.80 Å². The molecule has 2 fully saturated rings. The van der Waals surface area contributed by atoms with Crippen LogP contribution in [0.2, 0.25) is 4.34 Å². The van der Waals surface area contributed by atoms with Crippen molar-refractivity contribution in [3.05, 3.63) is 21.3 Å². The van der Waals surface area contributed by atoms with Crippen molar-refractivity contribution < 1.29 is 9.53 Å². The summed E-state index contributed by atoms with van der Waals surface area (Å²) in [5.74, 6) is 0.273. The van der Waals surface area contributed by atoms with Gasteiger partial charge in [0.1, 0.15) is 6.10 Å². The molecule has 0 bridgehead atoms. The van der Waals surface area contributed by atoms with Gasteiger partial charge in [0.15, 0.2) is 0 Å². The lowest BCUT2D eigenvalue weighted by atomic mass is 10.1. The number of likely N-dealkylation sites (tertiary alicyclic amines) is 1. The third-order valence-electron chi connectivity index (χ3n) is 4.28. The fourth-order valence-corrected chi connectivity index (χ4v) is 4.27. The molecule has 1 aromatic rings. The van der Waals surface area contributed by atoms with Crippen LogP contribution in [0.15, 0.2) is 12.1 Å². The Morgan fingerprint density at radius 1 is 1.38 bits per heavy atom. The Morgan fingerprint density at radius 3 is 2.81 bits per heavy atom. The molecule has 3 heterocycles. The highest BCUT2D eigenvalue weighted by molar-refractivity contribution is 7.16. The van der Waals surface area contributed by atoms with Crippen molar-refractivity contribution in [3.63, 3.8) is 0 Å². The second-order valence-electron chi connectivity index (χ2n) is 5.93. The molecule has 0 saturated carbocycles. The average Bonchev–Trinajstić information content (AvgIpc) is 3.05. The number of rotatable bonds is 3. The van der Waals surface area contributed by atoms with Crippen LogP contribution < -0.4 is 0 Å². The zero-order valence-corrected chi connectivity index (χ0v) is 14.0. The Labute approximate surface area is 134 Å². The third kappa shape index (κ3) is 3.11. The van der Waals surface area contributed by atoms with E-state index < -0.39 is 0 Å². The van der Waals surface area contributed by atoms with Gasteiger partial charge in [0, 0.05) is 30.6 Å². The normalized spacial score (nSPS) is 27.8. The van der Waals surface area contributed by atoms with Crippen molar-refractivity contribution in [2.75, 3.05) is 26.2 Å². The number of carbonyl (C=O) groups is 1. The van der Waals surface area contributed by atoms with E-state index >= 15 is 0 Å². The molecule has 3 rings (SSSR count). The van der Waals surface area contributed by atoms with E-state index in [-0.39, 0.29) is 24.1 Å². The first-order valence-corrected chi connectivity index (χ1v) is 8.67. The predicted octanol–water partition coefficient (Wildman–Crippen LogP) is 2.78. The first-order valence-electron chi connectivity index (χ1n) is 7.47. The van der Waals surface area contributed by atoms with Crippen LogP contribution in [0.5, 0.6) is 0 Å². The molecule has 2 atom stereocenters.